The molecule has 2 heterocycles. The Morgan fingerprint density at radius 1 is 1.07 bits per heavy atom. The van der Waals surface area contributed by atoms with Gasteiger partial charge in [-0.2, -0.15) is 0 Å². The monoisotopic (exact) mass is 411 g/mol. The van der Waals surface area contributed by atoms with Crippen LogP contribution in [0.5, 0.6) is 11.8 Å². The summed E-state index contributed by atoms with van der Waals surface area (Å²) in [4.78, 5) is 30.0. The minimum absolute atomic E-state index is 0.0190. The van der Waals surface area contributed by atoms with Crippen LogP contribution in [0.1, 0.15) is 31.4 Å². The standard InChI is InChI=1S/C22H29N5O3/c1-4-17-14-23-22(24-15-17)30-25-20(5-2)18-6-8-19(9-7-18)29-16-21(28)27-12-10-26(3)11-13-27/h6-9,14-15H,4-5,10-13,16H2,1-3H3. The Hall–Kier alpha value is -3.00. The maximum Gasteiger partial charge on any atom is 0.345 e. The van der Waals surface area contributed by atoms with Crippen LogP contribution >= 0.6 is 0 Å². The van der Waals surface area contributed by atoms with E-state index in [0.29, 0.717) is 12.2 Å². The number of ether oxygens (including phenoxy) is 1. The van der Waals surface area contributed by atoms with Gasteiger partial charge in [-0.05, 0) is 55.3 Å². The van der Waals surface area contributed by atoms with Gasteiger partial charge in [0, 0.05) is 38.6 Å². The van der Waals surface area contributed by atoms with Crippen LogP contribution in [0, 0.1) is 0 Å². The molecule has 30 heavy (non-hydrogen) atoms. The molecular formula is C22H29N5O3. The molecule has 1 fully saturated rings. The van der Waals surface area contributed by atoms with Gasteiger partial charge in [0.1, 0.15) is 5.75 Å². The van der Waals surface area contributed by atoms with E-state index in [2.05, 4.69) is 27.1 Å². The first kappa shape index (κ1) is 21.7. The van der Waals surface area contributed by atoms with Gasteiger partial charge in [-0.1, -0.05) is 19.0 Å². The van der Waals surface area contributed by atoms with Crippen LogP contribution in [0.3, 0.4) is 0 Å². The minimum Gasteiger partial charge on any atom is -0.484 e. The zero-order valence-electron chi connectivity index (χ0n) is 17.9. The fraction of sp³-hybridized carbons (Fsp3) is 0.455. The van der Waals surface area contributed by atoms with Gasteiger partial charge in [-0.25, -0.2) is 9.97 Å². The number of rotatable bonds is 8. The molecule has 8 nitrogen and oxygen atoms in total. The van der Waals surface area contributed by atoms with Crippen molar-refractivity contribution in [3.8, 4) is 11.8 Å². The van der Waals surface area contributed by atoms with E-state index in [9.17, 15) is 4.79 Å². The molecule has 0 unspecified atom stereocenters. The number of aromatic nitrogens is 2. The largest absolute Gasteiger partial charge is 0.484 e. The molecule has 2 aromatic rings. The molecule has 0 aliphatic carbocycles. The lowest BCUT2D eigenvalue weighted by Crippen LogP contribution is -2.48. The average molecular weight is 412 g/mol. The molecule has 8 heteroatoms. The van der Waals surface area contributed by atoms with Crippen molar-refractivity contribution in [2.75, 3.05) is 39.8 Å². The van der Waals surface area contributed by atoms with E-state index >= 15 is 0 Å². The van der Waals surface area contributed by atoms with Crippen LogP contribution in [0.2, 0.25) is 0 Å². The van der Waals surface area contributed by atoms with Gasteiger partial charge < -0.3 is 19.4 Å². The third kappa shape index (κ3) is 6.00. The van der Waals surface area contributed by atoms with E-state index in [1.807, 2.05) is 43.0 Å². The number of hydrogen-bond donors (Lipinski definition) is 0. The molecule has 1 saturated heterocycles. The Morgan fingerprint density at radius 3 is 2.33 bits per heavy atom. The van der Waals surface area contributed by atoms with Crippen molar-refractivity contribution in [2.45, 2.75) is 26.7 Å². The number of carbonyl (C=O) groups is 1. The lowest BCUT2D eigenvalue weighted by atomic mass is 10.1. The molecule has 0 bridgehead atoms. The van der Waals surface area contributed by atoms with Crippen molar-refractivity contribution in [3.05, 3.63) is 47.8 Å². The number of piperazine rings is 1. The number of amides is 1. The molecule has 1 aliphatic heterocycles. The highest BCUT2D eigenvalue weighted by molar-refractivity contribution is 6.00. The fourth-order valence-corrected chi connectivity index (χ4v) is 3.03. The Kier molecular flexibility index (Phi) is 7.73. The summed E-state index contributed by atoms with van der Waals surface area (Å²) in [5, 5.41) is 4.20. The van der Waals surface area contributed by atoms with Crippen LogP contribution < -0.4 is 9.57 Å². The maximum atomic E-state index is 12.3. The lowest BCUT2D eigenvalue weighted by molar-refractivity contribution is -0.134. The summed E-state index contributed by atoms with van der Waals surface area (Å²) in [6, 6.07) is 7.71. The highest BCUT2D eigenvalue weighted by Gasteiger charge is 2.19. The topological polar surface area (TPSA) is 80.2 Å². The molecule has 0 N–H and O–H groups in total. The van der Waals surface area contributed by atoms with Crippen molar-refractivity contribution < 1.29 is 14.4 Å². The Labute approximate surface area is 177 Å². The maximum absolute atomic E-state index is 12.3. The summed E-state index contributed by atoms with van der Waals surface area (Å²) in [5.74, 6) is 0.668. The Balaban J connectivity index is 1.54. The average Bonchev–Trinajstić information content (AvgIpc) is 2.79. The summed E-state index contributed by atoms with van der Waals surface area (Å²) in [5.41, 5.74) is 2.74. The molecule has 1 aromatic heterocycles. The van der Waals surface area contributed by atoms with E-state index in [4.69, 9.17) is 9.57 Å². The number of oxime groups is 1. The van der Waals surface area contributed by atoms with Gasteiger partial charge in [-0.3, -0.25) is 4.79 Å². The van der Waals surface area contributed by atoms with Crippen LogP contribution in [0.25, 0.3) is 0 Å². The third-order valence-electron chi connectivity index (χ3n) is 5.07. The summed E-state index contributed by atoms with van der Waals surface area (Å²) < 4.78 is 5.67. The van der Waals surface area contributed by atoms with E-state index in [1.165, 1.54) is 0 Å². The first-order valence-electron chi connectivity index (χ1n) is 10.3. The van der Waals surface area contributed by atoms with E-state index in [-0.39, 0.29) is 18.5 Å². The number of aryl methyl sites for hydroxylation is 1. The molecule has 0 saturated carbocycles. The summed E-state index contributed by atoms with van der Waals surface area (Å²) in [7, 11) is 2.06. The first-order chi connectivity index (χ1) is 14.6. The van der Waals surface area contributed by atoms with Crippen molar-refractivity contribution >= 4 is 11.6 Å². The molecule has 1 aliphatic rings. The second kappa shape index (κ2) is 10.7. The number of nitrogens with zero attached hydrogens (tertiary/aromatic N) is 5. The zero-order valence-corrected chi connectivity index (χ0v) is 17.9. The van der Waals surface area contributed by atoms with Gasteiger partial charge in [-0.15, -0.1) is 0 Å². The van der Waals surface area contributed by atoms with E-state index in [1.54, 1.807) is 12.4 Å². The zero-order chi connectivity index (χ0) is 21.3. The van der Waals surface area contributed by atoms with Crippen molar-refractivity contribution in [2.24, 2.45) is 5.16 Å². The Bertz CT molecular complexity index is 844. The molecule has 3 rings (SSSR count). The molecule has 160 valence electrons. The molecule has 0 atom stereocenters. The number of benzene rings is 1. The molecular weight excluding hydrogens is 382 g/mol. The highest BCUT2D eigenvalue weighted by atomic mass is 16.6. The molecule has 0 spiro atoms. The molecule has 1 amide bonds. The van der Waals surface area contributed by atoms with Crippen LogP contribution in [-0.4, -0.2) is 71.2 Å². The predicted octanol–water partition coefficient (Wildman–Crippen LogP) is 2.38. The SMILES string of the molecule is CCC(=NOc1ncc(CC)cn1)c1ccc(OCC(=O)N2CCN(C)CC2)cc1. The van der Waals surface area contributed by atoms with Crippen LogP contribution in [-0.2, 0) is 11.2 Å². The fourth-order valence-electron chi connectivity index (χ4n) is 3.03. The molecule has 0 radical (unpaired) electrons. The normalized spacial score (nSPS) is 15.2. The number of carbonyl (C=O) groups excluding carboxylic acids is 1. The second-order valence-electron chi connectivity index (χ2n) is 7.21. The van der Waals surface area contributed by atoms with Crippen molar-refractivity contribution in [1.82, 2.24) is 19.8 Å². The second-order valence-corrected chi connectivity index (χ2v) is 7.21. The van der Waals surface area contributed by atoms with Crippen molar-refractivity contribution in [1.29, 1.82) is 0 Å². The van der Waals surface area contributed by atoms with E-state index in [0.717, 1.165) is 49.4 Å². The quantitative estimate of drug-likeness (QED) is 0.490. The van der Waals surface area contributed by atoms with Gasteiger partial charge >= 0.3 is 6.01 Å². The summed E-state index contributed by atoms with van der Waals surface area (Å²) >= 11 is 0. The smallest absolute Gasteiger partial charge is 0.345 e. The molecule has 1 aromatic carbocycles. The van der Waals surface area contributed by atoms with Gasteiger partial charge in [0.15, 0.2) is 6.61 Å². The first-order valence-corrected chi connectivity index (χ1v) is 10.3. The van der Waals surface area contributed by atoms with Crippen LogP contribution in [0.4, 0.5) is 0 Å². The number of hydrogen-bond acceptors (Lipinski definition) is 7. The predicted molar refractivity (Wildman–Crippen MR) is 115 cm³/mol. The van der Waals surface area contributed by atoms with Gasteiger partial charge in [0.25, 0.3) is 5.91 Å². The summed E-state index contributed by atoms with van der Waals surface area (Å²) in [6.07, 6.45) is 5.03. The Morgan fingerprint density at radius 2 is 1.73 bits per heavy atom. The lowest BCUT2D eigenvalue weighted by Gasteiger charge is -2.32. The number of likely N-dealkylation sites (N-methyl/N-ethyl adjacent to an activating group) is 1. The van der Waals surface area contributed by atoms with Crippen molar-refractivity contribution in [3.63, 3.8) is 0 Å². The van der Waals surface area contributed by atoms with Gasteiger partial charge in [0.2, 0.25) is 0 Å². The summed E-state index contributed by atoms with van der Waals surface area (Å²) in [6.45, 7) is 7.39. The van der Waals surface area contributed by atoms with Crippen LogP contribution in [0.15, 0.2) is 41.8 Å². The van der Waals surface area contributed by atoms with Gasteiger partial charge in [0.05, 0.1) is 5.71 Å². The minimum atomic E-state index is 0.0190. The third-order valence-corrected chi connectivity index (χ3v) is 5.07. The van der Waals surface area contributed by atoms with E-state index < -0.39 is 0 Å². The highest BCUT2D eigenvalue weighted by Crippen LogP contribution is 2.15.